The van der Waals surface area contributed by atoms with Gasteiger partial charge in [-0.15, -0.1) is 0 Å². The molecule has 3 atom stereocenters. The normalized spacial score (nSPS) is 31.4. The molecule has 2 fully saturated rings. The molecule has 0 N–H and O–H groups in total. The molecule has 118 valence electrons. The number of hydrogen-bond donors (Lipinski definition) is 0. The van der Waals surface area contributed by atoms with Crippen molar-refractivity contribution in [2.75, 3.05) is 0 Å². The van der Waals surface area contributed by atoms with Crippen molar-refractivity contribution in [1.29, 1.82) is 0 Å². The first-order chi connectivity index (χ1) is 10.3. The number of halogens is 1. The van der Waals surface area contributed by atoms with Crippen molar-refractivity contribution < 1.29 is 0 Å². The summed E-state index contributed by atoms with van der Waals surface area (Å²) in [4.78, 5) is 0.695. The van der Waals surface area contributed by atoms with Gasteiger partial charge >= 0.3 is 0 Å². The van der Waals surface area contributed by atoms with Crippen molar-refractivity contribution in [2.45, 2.75) is 82.0 Å². The molecule has 2 aliphatic rings. The van der Waals surface area contributed by atoms with Crippen LogP contribution in [-0.2, 0) is 6.42 Å². The van der Waals surface area contributed by atoms with E-state index >= 15 is 0 Å². The first kappa shape index (κ1) is 15.6. The van der Waals surface area contributed by atoms with E-state index in [1.165, 1.54) is 63.5 Å². The lowest BCUT2D eigenvalue weighted by atomic mass is 9.78. The van der Waals surface area contributed by atoms with Crippen LogP contribution in [0.3, 0.4) is 0 Å². The second kappa shape index (κ2) is 7.30. The minimum absolute atomic E-state index is 0.669. The maximum absolute atomic E-state index is 4.91. The quantitative estimate of drug-likeness (QED) is 0.652. The van der Waals surface area contributed by atoms with Gasteiger partial charge < -0.3 is 0 Å². The minimum atomic E-state index is 0.669. The summed E-state index contributed by atoms with van der Waals surface area (Å²) in [6.07, 6.45) is 15.7. The molecule has 1 aromatic rings. The largest absolute Gasteiger partial charge is 0.269 e. The fraction of sp³-hybridized carbons (Fsp3) is 0.833. The molecule has 0 saturated heterocycles. The van der Waals surface area contributed by atoms with Gasteiger partial charge in [0.25, 0.3) is 0 Å². The van der Waals surface area contributed by atoms with Gasteiger partial charge in [-0.05, 0) is 56.4 Å². The Labute approximate surface area is 137 Å². The third-order valence-electron chi connectivity index (χ3n) is 5.66. The van der Waals surface area contributed by atoms with Gasteiger partial charge in [-0.1, -0.05) is 48.5 Å². The summed E-state index contributed by atoms with van der Waals surface area (Å²) in [5, 5.41) is 4.91. The van der Waals surface area contributed by atoms with Crippen LogP contribution in [0.25, 0.3) is 0 Å². The summed E-state index contributed by atoms with van der Waals surface area (Å²) in [6.45, 7) is 2.34. The predicted octanol–water partition coefficient (Wildman–Crippen LogP) is 5.52. The molecule has 0 aromatic carbocycles. The Morgan fingerprint density at radius 2 is 2.00 bits per heavy atom. The molecule has 21 heavy (non-hydrogen) atoms. The number of aromatic nitrogens is 2. The molecule has 0 amide bonds. The Bertz CT molecular complexity index is 436. The van der Waals surface area contributed by atoms with Crippen LogP contribution in [0, 0.1) is 11.8 Å². The SMILES string of the molecule is CCC1CCC(Br)C(Cc2ccn(C3CCCCC3)n2)C1. The lowest BCUT2D eigenvalue weighted by molar-refractivity contribution is 0.268. The Hall–Kier alpha value is -0.310. The average molecular weight is 353 g/mol. The van der Waals surface area contributed by atoms with Crippen molar-refractivity contribution >= 4 is 15.9 Å². The van der Waals surface area contributed by atoms with Crippen LogP contribution in [0.15, 0.2) is 12.3 Å². The van der Waals surface area contributed by atoms with E-state index in [9.17, 15) is 0 Å². The fourth-order valence-corrected chi connectivity index (χ4v) is 4.88. The smallest absolute Gasteiger partial charge is 0.0627 e. The topological polar surface area (TPSA) is 17.8 Å². The van der Waals surface area contributed by atoms with Gasteiger partial charge in [-0.3, -0.25) is 4.68 Å². The van der Waals surface area contributed by atoms with Gasteiger partial charge in [0, 0.05) is 11.0 Å². The van der Waals surface area contributed by atoms with E-state index in [1.807, 2.05) is 0 Å². The zero-order valence-corrected chi connectivity index (χ0v) is 14.9. The lowest BCUT2D eigenvalue weighted by Crippen LogP contribution is -2.26. The van der Waals surface area contributed by atoms with Crippen LogP contribution in [0.1, 0.15) is 76.4 Å². The molecular weight excluding hydrogens is 324 g/mol. The molecule has 2 nitrogen and oxygen atoms in total. The summed E-state index contributed by atoms with van der Waals surface area (Å²) in [5.74, 6) is 1.71. The minimum Gasteiger partial charge on any atom is -0.269 e. The van der Waals surface area contributed by atoms with E-state index in [0.29, 0.717) is 10.9 Å². The van der Waals surface area contributed by atoms with Crippen molar-refractivity contribution in [3.63, 3.8) is 0 Å². The van der Waals surface area contributed by atoms with Gasteiger partial charge in [0.2, 0.25) is 0 Å². The fourth-order valence-electron chi connectivity index (χ4n) is 4.21. The van der Waals surface area contributed by atoms with E-state index in [-0.39, 0.29) is 0 Å². The second-order valence-corrected chi connectivity index (χ2v) is 8.32. The van der Waals surface area contributed by atoms with Crippen molar-refractivity contribution in [3.05, 3.63) is 18.0 Å². The molecule has 3 heteroatoms. The third kappa shape index (κ3) is 3.91. The summed E-state index contributed by atoms with van der Waals surface area (Å²) in [7, 11) is 0. The molecule has 2 saturated carbocycles. The van der Waals surface area contributed by atoms with Gasteiger partial charge in [0.1, 0.15) is 0 Å². The Balaban J connectivity index is 1.60. The predicted molar refractivity (Wildman–Crippen MR) is 91.9 cm³/mol. The van der Waals surface area contributed by atoms with Gasteiger partial charge in [-0.25, -0.2) is 0 Å². The summed E-state index contributed by atoms with van der Waals surface area (Å²) >= 11 is 3.92. The molecule has 1 heterocycles. The number of rotatable bonds is 4. The number of hydrogen-bond acceptors (Lipinski definition) is 1. The van der Waals surface area contributed by atoms with Gasteiger partial charge in [0.05, 0.1) is 11.7 Å². The lowest BCUT2D eigenvalue weighted by Gasteiger charge is -2.32. The average Bonchev–Trinajstić information content (AvgIpc) is 2.99. The van der Waals surface area contributed by atoms with E-state index < -0.39 is 0 Å². The second-order valence-electron chi connectivity index (χ2n) is 7.15. The Morgan fingerprint density at radius 1 is 1.19 bits per heavy atom. The van der Waals surface area contributed by atoms with Gasteiger partial charge in [0.15, 0.2) is 0 Å². The van der Waals surface area contributed by atoms with E-state index in [2.05, 4.69) is 39.8 Å². The summed E-state index contributed by atoms with van der Waals surface area (Å²) < 4.78 is 2.26. The molecular formula is C18H29BrN2. The third-order valence-corrected chi connectivity index (χ3v) is 6.86. The standard InChI is InChI=1S/C18H29BrN2/c1-2-14-8-9-18(19)15(12-14)13-16-10-11-21(20-16)17-6-4-3-5-7-17/h10-11,14-15,17-18H,2-9,12-13H2,1H3. The first-order valence-electron chi connectivity index (χ1n) is 8.94. The van der Waals surface area contributed by atoms with E-state index in [0.717, 1.165) is 18.3 Å². The van der Waals surface area contributed by atoms with E-state index in [1.54, 1.807) is 0 Å². The van der Waals surface area contributed by atoms with Crippen LogP contribution >= 0.6 is 15.9 Å². The molecule has 0 spiro atoms. The monoisotopic (exact) mass is 352 g/mol. The van der Waals surface area contributed by atoms with Crippen LogP contribution in [0.2, 0.25) is 0 Å². The van der Waals surface area contributed by atoms with E-state index in [4.69, 9.17) is 5.10 Å². The zero-order chi connectivity index (χ0) is 14.7. The first-order valence-corrected chi connectivity index (χ1v) is 9.86. The molecule has 3 unspecified atom stereocenters. The Kier molecular flexibility index (Phi) is 5.42. The highest BCUT2D eigenvalue weighted by Crippen LogP contribution is 2.37. The highest BCUT2D eigenvalue weighted by atomic mass is 79.9. The molecule has 1 aromatic heterocycles. The number of nitrogens with zero attached hydrogens (tertiary/aromatic N) is 2. The van der Waals surface area contributed by atoms with Crippen LogP contribution in [0.5, 0.6) is 0 Å². The highest BCUT2D eigenvalue weighted by Gasteiger charge is 2.28. The van der Waals surface area contributed by atoms with Crippen LogP contribution in [0.4, 0.5) is 0 Å². The van der Waals surface area contributed by atoms with Crippen LogP contribution in [-0.4, -0.2) is 14.6 Å². The van der Waals surface area contributed by atoms with Crippen molar-refractivity contribution in [1.82, 2.24) is 9.78 Å². The van der Waals surface area contributed by atoms with Crippen molar-refractivity contribution in [3.8, 4) is 0 Å². The molecule has 0 bridgehead atoms. The summed E-state index contributed by atoms with van der Waals surface area (Å²) in [6, 6.07) is 2.94. The van der Waals surface area contributed by atoms with Gasteiger partial charge in [-0.2, -0.15) is 5.10 Å². The van der Waals surface area contributed by atoms with Crippen molar-refractivity contribution in [2.24, 2.45) is 11.8 Å². The highest BCUT2D eigenvalue weighted by molar-refractivity contribution is 9.09. The molecule has 3 rings (SSSR count). The molecule has 2 aliphatic carbocycles. The molecule has 0 radical (unpaired) electrons. The zero-order valence-electron chi connectivity index (χ0n) is 13.3. The van der Waals surface area contributed by atoms with Crippen LogP contribution < -0.4 is 0 Å². The Morgan fingerprint density at radius 3 is 2.76 bits per heavy atom. The summed E-state index contributed by atoms with van der Waals surface area (Å²) in [5.41, 5.74) is 1.31. The maximum atomic E-state index is 4.91. The maximum Gasteiger partial charge on any atom is 0.0627 e. The molecule has 0 aliphatic heterocycles. The number of alkyl halides is 1.